The van der Waals surface area contributed by atoms with Crippen molar-refractivity contribution in [2.24, 2.45) is 0 Å². The highest BCUT2D eigenvalue weighted by molar-refractivity contribution is 6.44. The summed E-state index contributed by atoms with van der Waals surface area (Å²) in [6, 6.07) is 8.86. The number of hydrogen-bond donors (Lipinski definition) is 0. The molecule has 2 aromatic rings. The van der Waals surface area contributed by atoms with Gasteiger partial charge in [-0.2, -0.15) is 0 Å². The van der Waals surface area contributed by atoms with Crippen LogP contribution in [0.1, 0.15) is 17.5 Å². The van der Waals surface area contributed by atoms with E-state index in [4.69, 9.17) is 42.1 Å². The molecule has 148 valence electrons. The third-order valence-corrected chi connectivity index (χ3v) is 5.70. The van der Waals surface area contributed by atoms with E-state index in [1.54, 1.807) is 37.3 Å². The van der Waals surface area contributed by atoms with Crippen LogP contribution in [0.4, 0.5) is 5.69 Å². The fraction of sp³-hybridized carbons (Fsp3) is 0.350. The van der Waals surface area contributed by atoms with Crippen molar-refractivity contribution in [1.82, 2.24) is 0 Å². The molecule has 2 heterocycles. The van der Waals surface area contributed by atoms with E-state index in [1.807, 2.05) is 12.1 Å². The highest BCUT2D eigenvalue weighted by Gasteiger charge is 2.55. The second kappa shape index (κ2) is 7.44. The van der Waals surface area contributed by atoms with Crippen molar-refractivity contribution in [2.45, 2.75) is 18.8 Å². The van der Waals surface area contributed by atoms with Crippen LogP contribution < -0.4 is 14.4 Å². The number of anilines is 1. The summed E-state index contributed by atoms with van der Waals surface area (Å²) in [4.78, 5) is 15.0. The maximum Gasteiger partial charge on any atom is 0.292 e. The Labute approximate surface area is 172 Å². The summed E-state index contributed by atoms with van der Waals surface area (Å²) in [5.74, 6) is -0.612. The molecule has 0 aromatic heterocycles. The Bertz CT molecular complexity index is 927. The average molecular weight is 424 g/mol. The maximum absolute atomic E-state index is 13.4. The number of carbonyl (C=O) groups excluding carboxylic acids is 1. The van der Waals surface area contributed by atoms with Gasteiger partial charge in [-0.25, -0.2) is 0 Å². The lowest BCUT2D eigenvalue weighted by Gasteiger charge is -2.32. The number of ether oxygens (including phenoxy) is 4. The summed E-state index contributed by atoms with van der Waals surface area (Å²) in [7, 11) is 3.13. The van der Waals surface area contributed by atoms with Gasteiger partial charge in [0.2, 0.25) is 0 Å². The second-order valence-corrected chi connectivity index (χ2v) is 7.29. The van der Waals surface area contributed by atoms with Gasteiger partial charge in [0.05, 0.1) is 49.7 Å². The molecule has 1 amide bonds. The zero-order valence-corrected chi connectivity index (χ0v) is 17.0. The molecule has 28 heavy (non-hydrogen) atoms. The number of methoxy groups -OCH3 is 2. The van der Waals surface area contributed by atoms with Gasteiger partial charge >= 0.3 is 0 Å². The Balaban J connectivity index is 1.78. The summed E-state index contributed by atoms with van der Waals surface area (Å²) >= 11 is 12.7. The highest BCUT2D eigenvalue weighted by Crippen LogP contribution is 2.50. The number of rotatable bonds is 4. The SMILES string of the molecule is COc1ccc(CN2C(=O)C3(OCCCO3)c3ccc(Cl)c(Cl)c32)cc1OC. The highest BCUT2D eigenvalue weighted by atomic mass is 35.5. The average Bonchev–Trinajstić information content (AvgIpc) is 2.94. The molecule has 1 spiro atoms. The molecule has 0 radical (unpaired) electrons. The normalized spacial score (nSPS) is 17.7. The fourth-order valence-corrected chi connectivity index (χ4v) is 4.01. The molecular weight excluding hydrogens is 405 g/mol. The second-order valence-electron chi connectivity index (χ2n) is 6.51. The van der Waals surface area contributed by atoms with Gasteiger partial charge in [0.1, 0.15) is 0 Å². The summed E-state index contributed by atoms with van der Waals surface area (Å²) in [6.07, 6.45) is 0.724. The van der Waals surface area contributed by atoms with Gasteiger partial charge in [0.25, 0.3) is 11.7 Å². The lowest BCUT2D eigenvalue weighted by Crippen LogP contribution is -2.47. The van der Waals surface area contributed by atoms with E-state index in [2.05, 4.69) is 0 Å². The van der Waals surface area contributed by atoms with E-state index >= 15 is 0 Å². The van der Waals surface area contributed by atoms with Gasteiger partial charge in [-0.05, 0) is 36.2 Å². The van der Waals surface area contributed by atoms with Gasteiger partial charge in [-0.15, -0.1) is 0 Å². The van der Waals surface area contributed by atoms with E-state index < -0.39 is 5.79 Å². The molecule has 0 bridgehead atoms. The van der Waals surface area contributed by atoms with E-state index in [-0.39, 0.29) is 12.5 Å². The first-order valence-electron chi connectivity index (χ1n) is 8.81. The number of fused-ring (bicyclic) bond motifs is 2. The minimum absolute atomic E-state index is 0.251. The van der Waals surface area contributed by atoms with Crippen molar-refractivity contribution in [1.29, 1.82) is 0 Å². The first-order chi connectivity index (χ1) is 13.5. The van der Waals surface area contributed by atoms with Crippen molar-refractivity contribution in [3.05, 3.63) is 51.5 Å². The molecule has 0 aliphatic carbocycles. The van der Waals surface area contributed by atoms with Crippen LogP contribution in [0.25, 0.3) is 0 Å². The quantitative estimate of drug-likeness (QED) is 0.739. The molecule has 0 saturated carbocycles. The number of carbonyl (C=O) groups is 1. The number of halogens is 2. The number of hydrogen-bond acceptors (Lipinski definition) is 5. The van der Waals surface area contributed by atoms with E-state index in [1.165, 1.54) is 0 Å². The molecule has 8 heteroatoms. The molecule has 2 aliphatic rings. The Morgan fingerprint density at radius 1 is 1.07 bits per heavy atom. The largest absolute Gasteiger partial charge is 0.493 e. The number of benzene rings is 2. The summed E-state index contributed by atoms with van der Waals surface area (Å²) < 4.78 is 22.3. The van der Waals surface area contributed by atoms with Crippen LogP contribution in [0.2, 0.25) is 10.0 Å². The minimum Gasteiger partial charge on any atom is -0.493 e. The Morgan fingerprint density at radius 3 is 2.46 bits per heavy atom. The predicted octanol–water partition coefficient (Wildman–Crippen LogP) is 4.15. The van der Waals surface area contributed by atoms with Crippen molar-refractivity contribution in [3.63, 3.8) is 0 Å². The lowest BCUT2D eigenvalue weighted by molar-refractivity contribution is -0.256. The van der Waals surface area contributed by atoms with Crippen LogP contribution >= 0.6 is 23.2 Å². The van der Waals surface area contributed by atoms with Gasteiger partial charge in [-0.3, -0.25) is 4.79 Å². The Hall–Kier alpha value is -1.99. The topological polar surface area (TPSA) is 57.2 Å². The number of amides is 1. The van der Waals surface area contributed by atoms with Gasteiger partial charge < -0.3 is 23.8 Å². The van der Waals surface area contributed by atoms with Crippen LogP contribution in [0, 0.1) is 0 Å². The smallest absolute Gasteiger partial charge is 0.292 e. The zero-order valence-electron chi connectivity index (χ0n) is 15.5. The van der Waals surface area contributed by atoms with Crippen LogP contribution in [0.15, 0.2) is 30.3 Å². The standard InChI is InChI=1S/C20H19Cl2NO5/c1-25-15-7-4-12(10-16(15)26-2)11-23-18-13(5-6-14(21)17(18)22)20(19(23)24)27-8-3-9-28-20/h4-7,10H,3,8-9,11H2,1-2H3. The third kappa shape index (κ3) is 2.92. The van der Waals surface area contributed by atoms with Crippen molar-refractivity contribution in [2.75, 3.05) is 32.3 Å². The van der Waals surface area contributed by atoms with E-state index in [0.717, 1.165) is 12.0 Å². The van der Waals surface area contributed by atoms with Crippen molar-refractivity contribution < 1.29 is 23.7 Å². The van der Waals surface area contributed by atoms with Gasteiger partial charge in [0, 0.05) is 5.56 Å². The van der Waals surface area contributed by atoms with Crippen LogP contribution in [-0.4, -0.2) is 33.3 Å². The predicted molar refractivity (Wildman–Crippen MR) is 105 cm³/mol. The monoisotopic (exact) mass is 423 g/mol. The molecule has 0 N–H and O–H groups in total. The fourth-order valence-electron chi connectivity index (χ4n) is 3.59. The molecule has 1 fully saturated rings. The molecule has 2 aliphatic heterocycles. The van der Waals surface area contributed by atoms with Crippen molar-refractivity contribution in [3.8, 4) is 11.5 Å². The molecule has 0 atom stereocenters. The Kier molecular flexibility index (Phi) is 5.14. The lowest BCUT2D eigenvalue weighted by atomic mass is 10.1. The van der Waals surface area contributed by atoms with Crippen LogP contribution in [-0.2, 0) is 26.6 Å². The van der Waals surface area contributed by atoms with Gasteiger partial charge in [0.15, 0.2) is 11.5 Å². The molecule has 2 aromatic carbocycles. The molecule has 0 unspecified atom stereocenters. The van der Waals surface area contributed by atoms with E-state index in [9.17, 15) is 4.79 Å². The molecule has 6 nitrogen and oxygen atoms in total. The molecule has 1 saturated heterocycles. The summed E-state index contributed by atoms with van der Waals surface area (Å²) in [6.45, 7) is 1.10. The first-order valence-corrected chi connectivity index (χ1v) is 9.56. The molecule has 4 rings (SSSR count). The maximum atomic E-state index is 13.4. The van der Waals surface area contributed by atoms with Crippen molar-refractivity contribution >= 4 is 34.8 Å². The van der Waals surface area contributed by atoms with Gasteiger partial charge in [-0.1, -0.05) is 29.3 Å². The summed E-state index contributed by atoms with van der Waals surface area (Å²) in [5, 5.41) is 0.654. The van der Waals surface area contributed by atoms with E-state index in [0.29, 0.717) is 46.0 Å². The first kappa shape index (κ1) is 19.3. The summed E-state index contributed by atoms with van der Waals surface area (Å²) in [5.41, 5.74) is 1.92. The molecular formula is C20H19Cl2NO5. The Morgan fingerprint density at radius 2 is 1.79 bits per heavy atom. The van der Waals surface area contributed by atoms with Crippen LogP contribution in [0.5, 0.6) is 11.5 Å². The number of nitrogens with zero attached hydrogens (tertiary/aromatic N) is 1. The van der Waals surface area contributed by atoms with Crippen LogP contribution in [0.3, 0.4) is 0 Å². The minimum atomic E-state index is -1.47. The third-order valence-electron chi connectivity index (χ3n) is 4.91. The zero-order chi connectivity index (χ0) is 19.9.